The van der Waals surface area contributed by atoms with Gasteiger partial charge in [0.15, 0.2) is 12.2 Å². The van der Waals surface area contributed by atoms with E-state index in [1.807, 2.05) is 24.3 Å². The Labute approximate surface area is 645 Å². The van der Waals surface area contributed by atoms with Crippen molar-refractivity contribution in [3.05, 3.63) is 109 Å². The second-order valence-electron chi connectivity index (χ2n) is 28.1. The molecule has 0 saturated carbocycles. The van der Waals surface area contributed by atoms with Crippen LogP contribution in [-0.4, -0.2) is 96.7 Å². The number of rotatable bonds is 79. The Bertz CT molecular complexity index is 2430. The van der Waals surface area contributed by atoms with E-state index < -0.39 is 97.5 Å². The number of carbonyl (C=O) groups excluding carboxylic acids is 4. The molecule has 0 spiro atoms. The summed E-state index contributed by atoms with van der Waals surface area (Å²) >= 11 is 0. The van der Waals surface area contributed by atoms with Gasteiger partial charge >= 0.3 is 39.5 Å². The minimum absolute atomic E-state index is 0.0722. The lowest BCUT2D eigenvalue weighted by Crippen LogP contribution is -2.30. The maximum absolute atomic E-state index is 13.1. The topological polar surface area (TPSA) is 237 Å². The smallest absolute Gasteiger partial charge is 0.462 e. The van der Waals surface area contributed by atoms with Gasteiger partial charge in [-0.05, 0) is 128 Å². The molecule has 612 valence electrons. The van der Waals surface area contributed by atoms with E-state index in [1.165, 1.54) is 154 Å². The molecule has 19 heteroatoms. The van der Waals surface area contributed by atoms with Crippen LogP contribution in [0, 0.1) is 0 Å². The van der Waals surface area contributed by atoms with Gasteiger partial charge in [-0.25, -0.2) is 9.13 Å². The van der Waals surface area contributed by atoms with E-state index in [1.54, 1.807) is 0 Å². The molecule has 2 unspecified atom stereocenters. The van der Waals surface area contributed by atoms with Crippen molar-refractivity contribution in [3.63, 3.8) is 0 Å². The highest BCUT2D eigenvalue weighted by atomic mass is 31.2. The molecule has 3 N–H and O–H groups in total. The summed E-state index contributed by atoms with van der Waals surface area (Å²) in [6.45, 7) is 4.74. The Morgan fingerprint density at radius 1 is 0.264 bits per heavy atom. The molecule has 0 amide bonds. The first-order valence-corrected chi connectivity index (χ1v) is 45.1. The number of aliphatic hydroxyl groups is 1. The molecule has 0 saturated heterocycles. The van der Waals surface area contributed by atoms with Crippen molar-refractivity contribution in [1.29, 1.82) is 0 Å². The van der Waals surface area contributed by atoms with Crippen LogP contribution in [0.3, 0.4) is 0 Å². The lowest BCUT2D eigenvalue weighted by molar-refractivity contribution is -0.161. The number of ether oxygens (including phenoxy) is 4. The molecule has 0 rings (SSSR count). The standard InChI is InChI=1S/C87H152O17P2/c1-5-9-13-17-21-25-29-33-37-40-44-47-51-55-59-63-67-71-84(89)97-77-82(103-86(91)73-69-65-61-57-53-49-43-36-32-28-24-20-16-12-8-4)79-101-105(93,94)99-75-81(88)76-100-106(95,96)102-80-83(104-87(92)74-70-66-62-58-54-50-46-42-39-35-31-27-23-19-15-11-7-3)78-98-85(90)72-68-64-60-56-52-48-45-41-38-34-30-26-22-18-14-10-6-2/h21-22,25-26,33-34,36-38,43-45,47-48,55-56,59-60,81-83,88H,5-20,23-24,27-32,35,39-42,46,49-54,57-58,61-80H2,1-4H3,(H,93,94)(H,95,96)/b25-21-,26-22-,37-33-,38-34-,43-36-,47-44-,48-45-,59-55-,60-56-/t81-,82-,83-/m1/s1. The number of phosphoric ester groups is 2. The average molecular weight is 1530 g/mol. The summed E-state index contributed by atoms with van der Waals surface area (Å²) in [6.07, 6.45) is 86.4. The van der Waals surface area contributed by atoms with Crippen LogP contribution in [0.2, 0.25) is 0 Å². The highest BCUT2D eigenvalue weighted by Gasteiger charge is 2.30. The third-order valence-corrected chi connectivity index (χ3v) is 19.6. The van der Waals surface area contributed by atoms with Gasteiger partial charge in [0.2, 0.25) is 0 Å². The molecular formula is C87H152O17P2. The number of phosphoric acid groups is 2. The second kappa shape index (κ2) is 78.8. The van der Waals surface area contributed by atoms with Crippen LogP contribution >= 0.6 is 15.6 Å². The van der Waals surface area contributed by atoms with Gasteiger partial charge < -0.3 is 33.8 Å². The van der Waals surface area contributed by atoms with Crippen molar-refractivity contribution in [3.8, 4) is 0 Å². The van der Waals surface area contributed by atoms with Crippen molar-refractivity contribution < 1.29 is 80.2 Å². The molecular weight excluding hydrogens is 1380 g/mol. The highest BCUT2D eigenvalue weighted by molar-refractivity contribution is 7.47. The molecule has 0 bridgehead atoms. The molecule has 0 fully saturated rings. The minimum Gasteiger partial charge on any atom is -0.462 e. The van der Waals surface area contributed by atoms with Gasteiger partial charge in [0.1, 0.15) is 19.3 Å². The molecule has 0 radical (unpaired) electrons. The van der Waals surface area contributed by atoms with Crippen LogP contribution in [0.4, 0.5) is 0 Å². The summed E-state index contributed by atoms with van der Waals surface area (Å²) < 4.78 is 68.6. The largest absolute Gasteiger partial charge is 0.472 e. The molecule has 0 aliphatic heterocycles. The molecule has 0 aromatic rings. The Balaban J connectivity index is 5.45. The summed E-state index contributed by atoms with van der Waals surface area (Å²) in [4.78, 5) is 73.1. The van der Waals surface area contributed by atoms with Crippen molar-refractivity contribution in [2.45, 2.75) is 380 Å². The maximum Gasteiger partial charge on any atom is 0.472 e. The highest BCUT2D eigenvalue weighted by Crippen LogP contribution is 2.45. The number of aliphatic hydroxyl groups excluding tert-OH is 1. The normalized spacial score (nSPS) is 14.4. The third kappa shape index (κ3) is 77.9. The molecule has 5 atom stereocenters. The van der Waals surface area contributed by atoms with E-state index in [9.17, 15) is 43.2 Å². The van der Waals surface area contributed by atoms with Gasteiger partial charge in [0.25, 0.3) is 0 Å². The zero-order valence-corrected chi connectivity index (χ0v) is 68.9. The lowest BCUT2D eigenvalue weighted by atomic mass is 10.0. The number of unbranched alkanes of at least 4 members (excludes halogenated alkanes) is 35. The van der Waals surface area contributed by atoms with Gasteiger partial charge in [0.05, 0.1) is 26.4 Å². The van der Waals surface area contributed by atoms with E-state index in [0.29, 0.717) is 38.5 Å². The summed E-state index contributed by atoms with van der Waals surface area (Å²) in [5.74, 6) is -2.30. The van der Waals surface area contributed by atoms with Crippen molar-refractivity contribution in [1.82, 2.24) is 0 Å². The number of carbonyl (C=O) groups is 4. The van der Waals surface area contributed by atoms with Crippen LogP contribution in [0.15, 0.2) is 109 Å². The van der Waals surface area contributed by atoms with Gasteiger partial charge in [-0.15, -0.1) is 0 Å². The van der Waals surface area contributed by atoms with Crippen LogP contribution < -0.4 is 0 Å². The fourth-order valence-electron chi connectivity index (χ4n) is 11.3. The lowest BCUT2D eigenvalue weighted by Gasteiger charge is -2.21. The molecule has 0 aromatic heterocycles. The van der Waals surface area contributed by atoms with Crippen molar-refractivity contribution in [2.24, 2.45) is 0 Å². The zero-order valence-electron chi connectivity index (χ0n) is 67.1. The SMILES string of the molecule is CCCCC/C=C\C/C=C\C/C=C\C/C=C\CCCC(=O)OC[C@H](COP(=O)(O)OC[C@@H](O)COP(=O)(O)OC[C@@H](COC(=O)CCC/C=C\C/C=C\C/C=C\C/C=C\CCCCC)OC(=O)CCCCCCCCCCCCCCCCCCC)OC(=O)CCCCCCC/C=C\CCCCCCCC. The average Bonchev–Trinajstić information content (AvgIpc) is 0.901. The van der Waals surface area contributed by atoms with Gasteiger partial charge in [-0.3, -0.25) is 37.3 Å². The van der Waals surface area contributed by atoms with Crippen molar-refractivity contribution in [2.75, 3.05) is 39.6 Å². The Morgan fingerprint density at radius 2 is 0.472 bits per heavy atom. The molecule has 0 aliphatic rings. The third-order valence-electron chi connectivity index (χ3n) is 17.7. The fraction of sp³-hybridized carbons (Fsp3) is 0.747. The van der Waals surface area contributed by atoms with E-state index in [-0.39, 0.29) is 25.7 Å². The monoisotopic (exact) mass is 1530 g/mol. The first kappa shape index (κ1) is 102. The second-order valence-corrected chi connectivity index (χ2v) is 31.0. The Kier molecular flexibility index (Phi) is 75.6. The van der Waals surface area contributed by atoms with Crippen LogP contribution in [0.1, 0.15) is 362 Å². The summed E-state index contributed by atoms with van der Waals surface area (Å²) in [6, 6.07) is 0. The molecule has 17 nitrogen and oxygen atoms in total. The predicted octanol–water partition coefficient (Wildman–Crippen LogP) is 24.9. The quantitative estimate of drug-likeness (QED) is 0.0169. The summed E-state index contributed by atoms with van der Waals surface area (Å²) in [5, 5.41) is 10.7. The maximum atomic E-state index is 13.1. The molecule has 0 heterocycles. The van der Waals surface area contributed by atoms with Crippen LogP contribution in [0.5, 0.6) is 0 Å². The van der Waals surface area contributed by atoms with E-state index >= 15 is 0 Å². The van der Waals surface area contributed by atoms with Gasteiger partial charge in [-0.2, -0.15) is 0 Å². The van der Waals surface area contributed by atoms with E-state index in [2.05, 4.69) is 113 Å². The van der Waals surface area contributed by atoms with Crippen LogP contribution in [0.25, 0.3) is 0 Å². The number of esters is 4. The summed E-state index contributed by atoms with van der Waals surface area (Å²) in [5.41, 5.74) is 0. The fourth-order valence-corrected chi connectivity index (χ4v) is 12.8. The van der Waals surface area contributed by atoms with E-state index in [0.717, 1.165) is 116 Å². The van der Waals surface area contributed by atoms with Crippen LogP contribution in [-0.2, 0) is 65.4 Å². The minimum atomic E-state index is -5.00. The zero-order chi connectivity index (χ0) is 77.4. The number of hydrogen-bond acceptors (Lipinski definition) is 15. The number of allylic oxidation sites excluding steroid dienone is 18. The first-order valence-electron chi connectivity index (χ1n) is 42.1. The molecule has 0 aliphatic carbocycles. The molecule has 106 heavy (non-hydrogen) atoms. The number of hydrogen-bond donors (Lipinski definition) is 3. The van der Waals surface area contributed by atoms with Crippen molar-refractivity contribution >= 4 is 39.5 Å². The summed E-state index contributed by atoms with van der Waals surface area (Å²) in [7, 11) is -9.99. The Morgan fingerprint density at radius 3 is 0.764 bits per heavy atom. The van der Waals surface area contributed by atoms with Gasteiger partial charge in [0, 0.05) is 25.7 Å². The first-order chi connectivity index (χ1) is 51.7. The predicted molar refractivity (Wildman–Crippen MR) is 436 cm³/mol. The van der Waals surface area contributed by atoms with E-state index in [4.69, 9.17) is 37.0 Å². The van der Waals surface area contributed by atoms with Gasteiger partial charge in [-0.1, -0.05) is 317 Å². The molecule has 0 aromatic carbocycles. The Hall–Kier alpha value is -4.28.